The lowest BCUT2D eigenvalue weighted by Crippen LogP contribution is -2.27. The van der Waals surface area contributed by atoms with E-state index in [1.54, 1.807) is 0 Å². The van der Waals surface area contributed by atoms with Crippen LogP contribution in [0.4, 0.5) is 0 Å². The van der Waals surface area contributed by atoms with Crippen molar-refractivity contribution in [1.29, 1.82) is 0 Å². The maximum atomic E-state index is 11.5. The van der Waals surface area contributed by atoms with Crippen molar-refractivity contribution in [3.05, 3.63) is 29.3 Å². The van der Waals surface area contributed by atoms with Crippen LogP contribution in [0.15, 0.2) is 18.2 Å². The van der Waals surface area contributed by atoms with Gasteiger partial charge in [-0.3, -0.25) is 4.79 Å². The molecule has 1 aromatic carbocycles. The van der Waals surface area contributed by atoms with E-state index in [0.717, 1.165) is 31.6 Å². The third kappa shape index (κ3) is 4.24. The lowest BCUT2D eigenvalue weighted by atomic mass is 10.1. The maximum Gasteiger partial charge on any atom is 0.220 e. The molecule has 3 N–H and O–H groups in total. The van der Waals surface area contributed by atoms with Gasteiger partial charge in [-0.05, 0) is 37.0 Å². The number of fused-ring (bicyclic) bond motifs is 1. The minimum absolute atomic E-state index is 0.0850. The van der Waals surface area contributed by atoms with E-state index in [4.69, 9.17) is 10.5 Å². The van der Waals surface area contributed by atoms with Gasteiger partial charge >= 0.3 is 0 Å². The fraction of sp³-hybridized carbons (Fsp3) is 0.533. The average molecular weight is 262 g/mol. The van der Waals surface area contributed by atoms with Crippen LogP contribution in [0.5, 0.6) is 5.75 Å². The SMILES string of the molecule is CC(N)CCC(=O)NCCc1ccc2c(c1)CCO2. The molecule has 1 aliphatic rings. The van der Waals surface area contributed by atoms with Gasteiger partial charge in [0, 0.05) is 25.4 Å². The first kappa shape index (κ1) is 13.9. The van der Waals surface area contributed by atoms with Crippen molar-refractivity contribution >= 4 is 5.91 Å². The Kier molecular flexibility index (Phi) is 4.80. The highest BCUT2D eigenvalue weighted by Gasteiger charge is 2.11. The Balaban J connectivity index is 1.72. The molecule has 1 atom stereocenters. The van der Waals surface area contributed by atoms with Crippen LogP contribution >= 0.6 is 0 Å². The van der Waals surface area contributed by atoms with E-state index in [1.165, 1.54) is 11.1 Å². The second-order valence-corrected chi connectivity index (χ2v) is 5.16. The highest BCUT2D eigenvalue weighted by molar-refractivity contribution is 5.75. The van der Waals surface area contributed by atoms with Gasteiger partial charge in [0.2, 0.25) is 5.91 Å². The van der Waals surface area contributed by atoms with Gasteiger partial charge in [-0.15, -0.1) is 0 Å². The fourth-order valence-corrected chi connectivity index (χ4v) is 2.19. The molecule has 4 heteroatoms. The highest BCUT2D eigenvalue weighted by atomic mass is 16.5. The first-order valence-corrected chi connectivity index (χ1v) is 6.92. The molecule has 0 aromatic heterocycles. The van der Waals surface area contributed by atoms with Crippen LogP contribution in [0, 0.1) is 0 Å². The fourth-order valence-electron chi connectivity index (χ4n) is 2.19. The van der Waals surface area contributed by atoms with Gasteiger partial charge in [-0.1, -0.05) is 12.1 Å². The molecule has 19 heavy (non-hydrogen) atoms. The Hall–Kier alpha value is -1.55. The number of hydrogen-bond acceptors (Lipinski definition) is 3. The summed E-state index contributed by atoms with van der Waals surface area (Å²) in [7, 11) is 0. The van der Waals surface area contributed by atoms with Gasteiger partial charge in [0.25, 0.3) is 0 Å². The van der Waals surface area contributed by atoms with Crippen LogP contribution in [0.2, 0.25) is 0 Å². The van der Waals surface area contributed by atoms with E-state index >= 15 is 0 Å². The predicted octanol–water partition coefficient (Wildman–Crippen LogP) is 1.41. The molecule has 2 rings (SSSR count). The Morgan fingerprint density at radius 3 is 3.16 bits per heavy atom. The molecule has 4 nitrogen and oxygen atoms in total. The van der Waals surface area contributed by atoms with Crippen molar-refractivity contribution in [3.63, 3.8) is 0 Å². The number of ether oxygens (including phenoxy) is 1. The molecule has 0 fully saturated rings. The van der Waals surface area contributed by atoms with Gasteiger partial charge in [0.05, 0.1) is 6.61 Å². The molecule has 0 aliphatic carbocycles. The number of carbonyl (C=O) groups excluding carboxylic acids is 1. The van der Waals surface area contributed by atoms with Crippen molar-refractivity contribution in [2.45, 2.75) is 38.6 Å². The Labute approximate surface area is 114 Å². The monoisotopic (exact) mass is 262 g/mol. The van der Waals surface area contributed by atoms with Crippen LogP contribution in [-0.4, -0.2) is 25.1 Å². The largest absolute Gasteiger partial charge is 0.493 e. The van der Waals surface area contributed by atoms with Crippen LogP contribution in [0.25, 0.3) is 0 Å². The number of carbonyl (C=O) groups is 1. The summed E-state index contributed by atoms with van der Waals surface area (Å²) < 4.78 is 5.47. The zero-order chi connectivity index (χ0) is 13.7. The van der Waals surface area contributed by atoms with Crippen molar-refractivity contribution < 1.29 is 9.53 Å². The predicted molar refractivity (Wildman–Crippen MR) is 75.2 cm³/mol. The van der Waals surface area contributed by atoms with Crippen molar-refractivity contribution in [1.82, 2.24) is 5.32 Å². The van der Waals surface area contributed by atoms with Gasteiger partial charge in [0.15, 0.2) is 0 Å². The molecule has 0 spiro atoms. The molecule has 1 amide bonds. The van der Waals surface area contributed by atoms with Gasteiger partial charge in [0.1, 0.15) is 5.75 Å². The van der Waals surface area contributed by atoms with E-state index in [1.807, 2.05) is 13.0 Å². The normalized spacial score (nSPS) is 14.6. The van der Waals surface area contributed by atoms with Gasteiger partial charge in [-0.25, -0.2) is 0 Å². The standard InChI is InChI=1S/C15H22N2O2/c1-11(16)2-5-15(18)17-8-6-12-3-4-14-13(10-12)7-9-19-14/h3-4,10-11H,2,5-9,16H2,1H3,(H,17,18). The maximum absolute atomic E-state index is 11.5. The molecule has 104 valence electrons. The summed E-state index contributed by atoms with van der Waals surface area (Å²) in [5, 5.41) is 2.93. The Morgan fingerprint density at radius 1 is 1.53 bits per heavy atom. The first-order valence-electron chi connectivity index (χ1n) is 6.92. The number of nitrogens with one attached hydrogen (secondary N) is 1. The van der Waals surface area contributed by atoms with E-state index in [9.17, 15) is 4.79 Å². The number of nitrogens with two attached hydrogens (primary N) is 1. The zero-order valence-corrected chi connectivity index (χ0v) is 11.4. The van der Waals surface area contributed by atoms with Crippen LogP contribution in [-0.2, 0) is 17.6 Å². The lowest BCUT2D eigenvalue weighted by Gasteiger charge is -2.08. The van der Waals surface area contributed by atoms with Crippen molar-refractivity contribution in [2.75, 3.05) is 13.2 Å². The molecule has 1 unspecified atom stereocenters. The van der Waals surface area contributed by atoms with E-state index in [-0.39, 0.29) is 11.9 Å². The van der Waals surface area contributed by atoms with Gasteiger partial charge in [-0.2, -0.15) is 0 Å². The summed E-state index contributed by atoms with van der Waals surface area (Å²) >= 11 is 0. The zero-order valence-electron chi connectivity index (χ0n) is 11.4. The Bertz CT molecular complexity index is 444. The van der Waals surface area contributed by atoms with E-state index < -0.39 is 0 Å². The average Bonchev–Trinajstić information content (AvgIpc) is 2.83. The summed E-state index contributed by atoms with van der Waals surface area (Å²) in [5.74, 6) is 1.09. The van der Waals surface area contributed by atoms with E-state index in [2.05, 4.69) is 17.4 Å². The summed E-state index contributed by atoms with van der Waals surface area (Å²) in [6, 6.07) is 6.35. The van der Waals surface area contributed by atoms with Crippen LogP contribution < -0.4 is 15.8 Å². The molecule has 0 bridgehead atoms. The summed E-state index contributed by atoms with van der Waals surface area (Å²) in [6.07, 6.45) is 3.10. The third-order valence-corrected chi connectivity index (χ3v) is 3.32. The first-order chi connectivity index (χ1) is 9.15. The topological polar surface area (TPSA) is 64.4 Å². The van der Waals surface area contributed by atoms with E-state index in [0.29, 0.717) is 13.0 Å². The Morgan fingerprint density at radius 2 is 2.37 bits per heavy atom. The second-order valence-electron chi connectivity index (χ2n) is 5.16. The second kappa shape index (κ2) is 6.57. The van der Waals surface area contributed by atoms with Crippen LogP contribution in [0.1, 0.15) is 30.9 Å². The number of benzene rings is 1. The minimum Gasteiger partial charge on any atom is -0.493 e. The van der Waals surface area contributed by atoms with Gasteiger partial charge < -0.3 is 15.8 Å². The lowest BCUT2D eigenvalue weighted by molar-refractivity contribution is -0.121. The summed E-state index contributed by atoms with van der Waals surface area (Å²) in [5.41, 5.74) is 8.15. The molecule has 1 heterocycles. The summed E-state index contributed by atoms with van der Waals surface area (Å²) in [4.78, 5) is 11.5. The van der Waals surface area contributed by atoms with Crippen molar-refractivity contribution in [3.8, 4) is 5.75 Å². The smallest absolute Gasteiger partial charge is 0.220 e. The minimum atomic E-state index is 0.0850. The van der Waals surface area contributed by atoms with Crippen molar-refractivity contribution in [2.24, 2.45) is 5.73 Å². The molecular weight excluding hydrogens is 240 g/mol. The molecule has 0 saturated carbocycles. The molecular formula is C15H22N2O2. The van der Waals surface area contributed by atoms with Crippen LogP contribution in [0.3, 0.4) is 0 Å². The molecule has 1 aliphatic heterocycles. The number of hydrogen-bond donors (Lipinski definition) is 2. The summed E-state index contributed by atoms with van der Waals surface area (Å²) in [6.45, 7) is 3.38. The number of amides is 1. The number of rotatable bonds is 6. The highest BCUT2D eigenvalue weighted by Crippen LogP contribution is 2.25. The quantitative estimate of drug-likeness (QED) is 0.814. The molecule has 1 aromatic rings. The molecule has 0 saturated heterocycles. The third-order valence-electron chi connectivity index (χ3n) is 3.32. The molecule has 0 radical (unpaired) electrons.